The molecule has 0 radical (unpaired) electrons. The van der Waals surface area contributed by atoms with Gasteiger partial charge in [-0.15, -0.1) is 11.3 Å². The molecule has 0 N–H and O–H groups in total. The fourth-order valence-corrected chi connectivity index (χ4v) is 4.31. The Morgan fingerprint density at radius 1 is 1.48 bits per heavy atom. The van der Waals surface area contributed by atoms with Crippen LogP contribution in [0.3, 0.4) is 0 Å². The second-order valence-electron chi connectivity index (χ2n) is 6.27. The van der Waals surface area contributed by atoms with Crippen molar-refractivity contribution in [2.24, 2.45) is 5.92 Å². The van der Waals surface area contributed by atoms with E-state index in [-0.39, 0.29) is 5.91 Å². The maximum atomic E-state index is 12.9. The van der Waals surface area contributed by atoms with E-state index in [9.17, 15) is 4.79 Å². The number of nitrogens with zero attached hydrogens (tertiary/aromatic N) is 3. The van der Waals surface area contributed by atoms with E-state index in [2.05, 4.69) is 4.98 Å². The Bertz CT molecular complexity index is 920. The van der Waals surface area contributed by atoms with Crippen molar-refractivity contribution in [2.75, 3.05) is 26.8 Å². The van der Waals surface area contributed by atoms with Crippen LogP contribution in [0.2, 0.25) is 5.02 Å². The molecule has 4 rings (SSSR count). The number of fused-ring (bicyclic) bond motifs is 1. The molecule has 3 heterocycles. The zero-order valence-electron chi connectivity index (χ0n) is 13.8. The van der Waals surface area contributed by atoms with E-state index < -0.39 is 0 Å². The molecule has 2 aromatic heterocycles. The Morgan fingerprint density at radius 2 is 2.36 bits per heavy atom. The van der Waals surface area contributed by atoms with Crippen molar-refractivity contribution in [3.8, 4) is 11.3 Å². The van der Waals surface area contributed by atoms with Gasteiger partial charge in [0.2, 0.25) is 0 Å². The van der Waals surface area contributed by atoms with Crippen molar-refractivity contribution in [1.29, 1.82) is 0 Å². The average molecular weight is 376 g/mol. The van der Waals surface area contributed by atoms with Gasteiger partial charge in [0.1, 0.15) is 5.69 Å². The van der Waals surface area contributed by atoms with Crippen molar-refractivity contribution in [2.45, 2.75) is 6.42 Å². The number of ether oxygens (including phenoxy) is 1. The minimum absolute atomic E-state index is 0.0555. The highest BCUT2D eigenvalue weighted by Crippen LogP contribution is 2.27. The largest absolute Gasteiger partial charge is 0.384 e. The summed E-state index contributed by atoms with van der Waals surface area (Å²) in [7, 11) is 1.70. The van der Waals surface area contributed by atoms with Crippen molar-refractivity contribution in [1.82, 2.24) is 14.3 Å². The molecule has 1 saturated heterocycles. The molecular formula is C18H18ClN3O2S. The Balaban J connectivity index is 1.62. The van der Waals surface area contributed by atoms with Gasteiger partial charge in [-0.25, -0.2) is 4.98 Å². The number of thiazole rings is 1. The van der Waals surface area contributed by atoms with Gasteiger partial charge in [0.15, 0.2) is 4.96 Å². The number of halogens is 1. The molecular weight excluding hydrogens is 358 g/mol. The third-order valence-electron chi connectivity index (χ3n) is 4.52. The maximum absolute atomic E-state index is 12.9. The van der Waals surface area contributed by atoms with Gasteiger partial charge in [-0.1, -0.05) is 23.7 Å². The average Bonchev–Trinajstić information content (AvgIpc) is 3.30. The van der Waals surface area contributed by atoms with Crippen LogP contribution in [0.4, 0.5) is 0 Å². The first-order chi connectivity index (χ1) is 12.2. The van der Waals surface area contributed by atoms with Crippen LogP contribution in [0, 0.1) is 5.92 Å². The van der Waals surface area contributed by atoms with Crippen LogP contribution in [0.1, 0.15) is 16.9 Å². The minimum Gasteiger partial charge on any atom is -0.384 e. The van der Waals surface area contributed by atoms with Crippen LogP contribution < -0.4 is 0 Å². The first-order valence-corrected chi connectivity index (χ1v) is 9.42. The summed E-state index contributed by atoms with van der Waals surface area (Å²) in [6.07, 6.45) is 2.90. The molecule has 1 atom stereocenters. The van der Waals surface area contributed by atoms with Crippen molar-refractivity contribution >= 4 is 33.8 Å². The number of hydrogen-bond donors (Lipinski definition) is 0. The quantitative estimate of drug-likeness (QED) is 0.696. The fourth-order valence-electron chi connectivity index (χ4n) is 3.28. The predicted molar refractivity (Wildman–Crippen MR) is 99.4 cm³/mol. The van der Waals surface area contributed by atoms with Gasteiger partial charge in [-0.2, -0.15) is 0 Å². The number of likely N-dealkylation sites (tertiary alicyclic amines) is 1. The van der Waals surface area contributed by atoms with Crippen LogP contribution >= 0.6 is 22.9 Å². The minimum atomic E-state index is 0.0555. The number of benzene rings is 1. The molecule has 1 fully saturated rings. The summed E-state index contributed by atoms with van der Waals surface area (Å²) in [5.41, 5.74) is 2.43. The Hall–Kier alpha value is -1.89. The summed E-state index contributed by atoms with van der Waals surface area (Å²) in [4.78, 5) is 20.2. The molecule has 0 spiro atoms. The second kappa shape index (κ2) is 6.78. The highest BCUT2D eigenvalue weighted by molar-refractivity contribution is 7.15. The number of carbonyl (C=O) groups is 1. The number of imidazole rings is 1. The number of hydrogen-bond acceptors (Lipinski definition) is 4. The molecule has 7 heteroatoms. The number of aromatic nitrogens is 2. The van der Waals surface area contributed by atoms with Crippen molar-refractivity contribution in [3.63, 3.8) is 0 Å². The predicted octanol–water partition coefficient (Wildman–Crippen LogP) is 3.82. The number of carbonyl (C=O) groups excluding carboxylic acids is 1. The topological polar surface area (TPSA) is 46.8 Å². The second-order valence-corrected chi connectivity index (χ2v) is 7.54. The standard InChI is InChI=1S/C18H18ClN3O2S/c1-24-10-12-5-6-21(8-12)17(23)16-11-25-18-20-15(9-22(16)18)13-3-2-4-14(19)7-13/h2-4,7,9,11-12H,5-6,8,10H2,1H3. The van der Waals surface area contributed by atoms with Crippen LogP contribution in [0.25, 0.3) is 16.2 Å². The van der Waals surface area contributed by atoms with E-state index in [0.29, 0.717) is 23.2 Å². The fraction of sp³-hybridized carbons (Fsp3) is 0.333. The molecule has 0 saturated carbocycles. The van der Waals surface area contributed by atoms with Gasteiger partial charge >= 0.3 is 0 Å². The van der Waals surface area contributed by atoms with Gasteiger partial charge in [0, 0.05) is 48.3 Å². The third kappa shape index (κ3) is 3.17. The lowest BCUT2D eigenvalue weighted by Crippen LogP contribution is -2.30. The van der Waals surface area contributed by atoms with E-state index in [0.717, 1.165) is 35.7 Å². The van der Waals surface area contributed by atoms with E-state index in [1.807, 2.05) is 45.1 Å². The first kappa shape index (κ1) is 16.6. The van der Waals surface area contributed by atoms with Crippen LogP contribution in [-0.4, -0.2) is 47.0 Å². The molecule has 130 valence electrons. The Morgan fingerprint density at radius 3 is 3.16 bits per heavy atom. The van der Waals surface area contributed by atoms with Crippen molar-refractivity contribution in [3.05, 3.63) is 46.6 Å². The Kier molecular flexibility index (Phi) is 4.50. The monoisotopic (exact) mass is 375 g/mol. The molecule has 25 heavy (non-hydrogen) atoms. The molecule has 5 nitrogen and oxygen atoms in total. The third-order valence-corrected chi connectivity index (χ3v) is 5.60. The number of methoxy groups -OCH3 is 1. The highest BCUT2D eigenvalue weighted by Gasteiger charge is 2.28. The summed E-state index contributed by atoms with van der Waals surface area (Å²) >= 11 is 7.55. The smallest absolute Gasteiger partial charge is 0.271 e. The normalized spacial score (nSPS) is 17.5. The lowest BCUT2D eigenvalue weighted by molar-refractivity contribution is 0.0769. The zero-order valence-corrected chi connectivity index (χ0v) is 15.4. The molecule has 1 unspecified atom stereocenters. The molecule has 3 aromatic rings. The summed E-state index contributed by atoms with van der Waals surface area (Å²) in [6.45, 7) is 2.23. The van der Waals surface area contributed by atoms with E-state index in [1.165, 1.54) is 11.3 Å². The van der Waals surface area contributed by atoms with Gasteiger partial charge in [-0.05, 0) is 18.6 Å². The maximum Gasteiger partial charge on any atom is 0.271 e. The van der Waals surface area contributed by atoms with Crippen LogP contribution in [0.15, 0.2) is 35.8 Å². The van der Waals surface area contributed by atoms with E-state index in [1.54, 1.807) is 7.11 Å². The summed E-state index contributed by atoms with van der Waals surface area (Å²) in [5, 5.41) is 2.56. The van der Waals surface area contributed by atoms with Crippen LogP contribution in [-0.2, 0) is 4.74 Å². The lowest BCUT2D eigenvalue weighted by atomic mass is 10.1. The van der Waals surface area contributed by atoms with Gasteiger partial charge in [0.05, 0.1) is 12.3 Å². The Labute approximate surface area is 154 Å². The highest BCUT2D eigenvalue weighted by atomic mass is 35.5. The molecule has 1 amide bonds. The van der Waals surface area contributed by atoms with E-state index >= 15 is 0 Å². The summed E-state index contributed by atoms with van der Waals surface area (Å²) < 4.78 is 7.10. The summed E-state index contributed by atoms with van der Waals surface area (Å²) in [6, 6.07) is 7.58. The van der Waals surface area contributed by atoms with Gasteiger partial charge in [0.25, 0.3) is 5.91 Å². The molecule has 0 aliphatic carbocycles. The van der Waals surface area contributed by atoms with E-state index in [4.69, 9.17) is 16.3 Å². The van der Waals surface area contributed by atoms with Crippen LogP contribution in [0.5, 0.6) is 0 Å². The van der Waals surface area contributed by atoms with Crippen molar-refractivity contribution < 1.29 is 9.53 Å². The van der Waals surface area contributed by atoms with Gasteiger partial charge < -0.3 is 9.64 Å². The zero-order chi connectivity index (χ0) is 17.4. The lowest BCUT2D eigenvalue weighted by Gasteiger charge is -2.15. The number of rotatable bonds is 4. The molecule has 1 aliphatic rings. The first-order valence-electron chi connectivity index (χ1n) is 8.16. The molecule has 0 bridgehead atoms. The SMILES string of the molecule is COCC1CCN(C(=O)c2csc3nc(-c4cccc(Cl)c4)cn23)C1. The van der Waals surface area contributed by atoms with Gasteiger partial charge in [-0.3, -0.25) is 9.20 Å². The summed E-state index contributed by atoms with van der Waals surface area (Å²) in [5.74, 6) is 0.479. The molecule has 1 aliphatic heterocycles. The molecule has 1 aromatic carbocycles. The number of amides is 1.